The first-order valence-corrected chi connectivity index (χ1v) is 8.15. The maximum Gasteiger partial charge on any atom is 0.314 e. The molecule has 0 aliphatic heterocycles. The van der Waals surface area contributed by atoms with E-state index in [9.17, 15) is 9.18 Å². The van der Waals surface area contributed by atoms with E-state index < -0.39 is 5.82 Å². The van der Waals surface area contributed by atoms with Gasteiger partial charge in [0.1, 0.15) is 0 Å². The molecule has 2 aromatic carbocycles. The third kappa shape index (κ3) is 6.08. The van der Waals surface area contributed by atoms with Gasteiger partial charge >= 0.3 is 6.03 Å². The predicted molar refractivity (Wildman–Crippen MR) is 94.1 cm³/mol. The Morgan fingerprint density at radius 3 is 2.16 bits per heavy atom. The van der Waals surface area contributed by atoms with E-state index in [-0.39, 0.29) is 18.4 Å². The van der Waals surface area contributed by atoms with Crippen LogP contribution in [0.2, 0.25) is 0 Å². The third-order valence-electron chi connectivity index (χ3n) is 3.82. The molecule has 0 saturated carbocycles. The van der Waals surface area contributed by atoms with Gasteiger partial charge in [-0.1, -0.05) is 30.3 Å². The SMILES string of the molecule is COc1cc(CCNC(=O)NCCc2ccc(CO)cc2)ccc1F. The first-order chi connectivity index (χ1) is 12.1. The van der Waals surface area contributed by atoms with Crippen molar-refractivity contribution in [1.82, 2.24) is 10.6 Å². The van der Waals surface area contributed by atoms with Gasteiger partial charge in [-0.15, -0.1) is 0 Å². The number of benzene rings is 2. The molecule has 0 bridgehead atoms. The maximum absolute atomic E-state index is 13.3. The second-order valence-corrected chi connectivity index (χ2v) is 5.63. The minimum atomic E-state index is -0.399. The Morgan fingerprint density at radius 1 is 1.00 bits per heavy atom. The number of amides is 2. The highest BCUT2D eigenvalue weighted by atomic mass is 19.1. The summed E-state index contributed by atoms with van der Waals surface area (Å²) in [6.07, 6.45) is 1.31. The number of hydrogen-bond acceptors (Lipinski definition) is 3. The molecule has 0 aromatic heterocycles. The summed E-state index contributed by atoms with van der Waals surface area (Å²) in [5.74, 6) is -0.196. The number of urea groups is 1. The van der Waals surface area contributed by atoms with Crippen molar-refractivity contribution in [3.05, 3.63) is 65.0 Å². The molecule has 2 amide bonds. The Labute approximate surface area is 146 Å². The first-order valence-electron chi connectivity index (χ1n) is 8.15. The Kier molecular flexibility index (Phi) is 7.22. The summed E-state index contributed by atoms with van der Waals surface area (Å²) in [6, 6.07) is 12.0. The molecule has 0 aliphatic carbocycles. The lowest BCUT2D eigenvalue weighted by Gasteiger charge is -2.09. The molecule has 5 nitrogen and oxygen atoms in total. The second kappa shape index (κ2) is 9.64. The quantitative estimate of drug-likeness (QED) is 0.687. The van der Waals surface area contributed by atoms with Crippen LogP contribution in [0.15, 0.2) is 42.5 Å². The minimum Gasteiger partial charge on any atom is -0.494 e. The summed E-state index contributed by atoms with van der Waals surface area (Å²) in [7, 11) is 1.42. The van der Waals surface area contributed by atoms with Crippen molar-refractivity contribution in [1.29, 1.82) is 0 Å². The van der Waals surface area contributed by atoms with Gasteiger partial charge in [0.25, 0.3) is 0 Å². The lowest BCUT2D eigenvalue weighted by Crippen LogP contribution is -2.37. The Hall–Kier alpha value is -2.60. The van der Waals surface area contributed by atoms with Crippen LogP contribution in [-0.4, -0.2) is 31.3 Å². The van der Waals surface area contributed by atoms with Gasteiger partial charge in [0.15, 0.2) is 11.6 Å². The molecule has 0 fully saturated rings. The zero-order chi connectivity index (χ0) is 18.1. The summed E-state index contributed by atoms with van der Waals surface area (Å²) in [5.41, 5.74) is 2.85. The molecular weight excluding hydrogens is 323 g/mol. The van der Waals surface area contributed by atoms with Crippen molar-refractivity contribution < 1.29 is 19.0 Å². The molecule has 0 aliphatic rings. The lowest BCUT2D eigenvalue weighted by atomic mass is 10.1. The van der Waals surface area contributed by atoms with Crippen LogP contribution in [0.25, 0.3) is 0 Å². The van der Waals surface area contributed by atoms with Gasteiger partial charge in [-0.2, -0.15) is 0 Å². The Balaban J connectivity index is 1.66. The van der Waals surface area contributed by atoms with Crippen molar-refractivity contribution in [2.75, 3.05) is 20.2 Å². The molecule has 0 unspecified atom stereocenters. The monoisotopic (exact) mass is 346 g/mol. The largest absolute Gasteiger partial charge is 0.494 e. The Morgan fingerprint density at radius 2 is 1.56 bits per heavy atom. The molecule has 0 radical (unpaired) electrons. The van der Waals surface area contributed by atoms with E-state index in [2.05, 4.69) is 10.6 Å². The number of nitrogens with one attached hydrogen (secondary N) is 2. The average molecular weight is 346 g/mol. The molecule has 3 N–H and O–H groups in total. The lowest BCUT2D eigenvalue weighted by molar-refractivity contribution is 0.241. The molecule has 2 rings (SSSR count). The summed E-state index contributed by atoms with van der Waals surface area (Å²) in [5, 5.41) is 14.6. The van der Waals surface area contributed by atoms with E-state index >= 15 is 0 Å². The van der Waals surface area contributed by atoms with E-state index in [0.29, 0.717) is 25.9 Å². The van der Waals surface area contributed by atoms with Crippen LogP contribution in [-0.2, 0) is 19.4 Å². The predicted octanol–water partition coefficient (Wildman–Crippen LogP) is 2.41. The standard InChI is InChI=1S/C19H23FN2O3/c1-25-18-12-15(6-7-17(18)20)9-11-22-19(24)21-10-8-14-2-4-16(13-23)5-3-14/h2-7,12,23H,8-11,13H2,1H3,(H2,21,22,24). The van der Waals surface area contributed by atoms with Gasteiger partial charge in [0.2, 0.25) is 0 Å². The summed E-state index contributed by atoms with van der Waals surface area (Å²) in [6.45, 7) is 1.00. The van der Waals surface area contributed by atoms with E-state index in [0.717, 1.165) is 16.7 Å². The van der Waals surface area contributed by atoms with Gasteiger partial charge in [-0.05, 0) is 41.7 Å². The van der Waals surface area contributed by atoms with Crippen LogP contribution in [0.5, 0.6) is 5.75 Å². The number of hydrogen-bond donors (Lipinski definition) is 3. The second-order valence-electron chi connectivity index (χ2n) is 5.63. The van der Waals surface area contributed by atoms with E-state index in [4.69, 9.17) is 9.84 Å². The van der Waals surface area contributed by atoms with Crippen LogP contribution in [0, 0.1) is 5.82 Å². The van der Waals surface area contributed by atoms with E-state index in [1.807, 2.05) is 24.3 Å². The number of halogens is 1. The number of aliphatic hydroxyl groups excluding tert-OH is 1. The molecule has 0 heterocycles. The highest BCUT2D eigenvalue weighted by molar-refractivity contribution is 5.73. The third-order valence-corrected chi connectivity index (χ3v) is 3.82. The zero-order valence-corrected chi connectivity index (χ0v) is 14.2. The smallest absolute Gasteiger partial charge is 0.314 e. The molecular formula is C19H23FN2O3. The first kappa shape index (κ1) is 18.7. The highest BCUT2D eigenvalue weighted by Gasteiger charge is 2.04. The molecule has 134 valence electrons. The number of methoxy groups -OCH3 is 1. The van der Waals surface area contributed by atoms with Gasteiger partial charge in [-0.25, -0.2) is 9.18 Å². The van der Waals surface area contributed by atoms with Crippen molar-refractivity contribution in [2.24, 2.45) is 0 Å². The van der Waals surface area contributed by atoms with E-state index in [1.54, 1.807) is 12.1 Å². The van der Waals surface area contributed by atoms with Gasteiger partial charge < -0.3 is 20.5 Å². The number of carbonyl (C=O) groups excluding carboxylic acids is 1. The molecule has 0 spiro atoms. The fourth-order valence-electron chi connectivity index (χ4n) is 2.37. The zero-order valence-electron chi connectivity index (χ0n) is 14.2. The van der Waals surface area contributed by atoms with Gasteiger partial charge in [0, 0.05) is 13.1 Å². The summed E-state index contributed by atoms with van der Waals surface area (Å²) in [4.78, 5) is 11.8. The fraction of sp³-hybridized carbons (Fsp3) is 0.316. The van der Waals surface area contributed by atoms with Crippen molar-refractivity contribution in [2.45, 2.75) is 19.4 Å². The van der Waals surface area contributed by atoms with Gasteiger partial charge in [-0.3, -0.25) is 0 Å². The highest BCUT2D eigenvalue weighted by Crippen LogP contribution is 2.18. The molecule has 0 saturated heterocycles. The fourth-order valence-corrected chi connectivity index (χ4v) is 2.37. The molecule has 6 heteroatoms. The Bertz CT molecular complexity index is 690. The maximum atomic E-state index is 13.3. The van der Waals surface area contributed by atoms with Crippen molar-refractivity contribution in [3.8, 4) is 5.75 Å². The van der Waals surface area contributed by atoms with E-state index in [1.165, 1.54) is 13.2 Å². The molecule has 2 aromatic rings. The number of ether oxygens (including phenoxy) is 1. The minimum absolute atomic E-state index is 0.0286. The number of carbonyl (C=O) groups is 1. The van der Waals surface area contributed by atoms with Crippen LogP contribution in [0.3, 0.4) is 0 Å². The molecule has 25 heavy (non-hydrogen) atoms. The molecule has 0 atom stereocenters. The average Bonchev–Trinajstić information content (AvgIpc) is 2.63. The normalized spacial score (nSPS) is 10.4. The van der Waals surface area contributed by atoms with Crippen molar-refractivity contribution >= 4 is 6.03 Å². The number of rotatable bonds is 8. The van der Waals surface area contributed by atoms with Crippen LogP contribution in [0.4, 0.5) is 9.18 Å². The van der Waals surface area contributed by atoms with Crippen LogP contribution >= 0.6 is 0 Å². The van der Waals surface area contributed by atoms with Crippen molar-refractivity contribution in [3.63, 3.8) is 0 Å². The summed E-state index contributed by atoms with van der Waals surface area (Å²) >= 11 is 0. The summed E-state index contributed by atoms with van der Waals surface area (Å²) < 4.78 is 18.3. The van der Waals surface area contributed by atoms with Gasteiger partial charge in [0.05, 0.1) is 13.7 Å². The van der Waals surface area contributed by atoms with Crippen LogP contribution < -0.4 is 15.4 Å². The van der Waals surface area contributed by atoms with Crippen LogP contribution in [0.1, 0.15) is 16.7 Å². The topological polar surface area (TPSA) is 70.6 Å². The number of aliphatic hydroxyl groups is 1.